The molecule has 3 aromatic rings. The molecular weight excluding hydrogens is 316 g/mol. The topological polar surface area (TPSA) is 81.4 Å². The number of amides is 1. The van der Waals surface area contributed by atoms with Crippen LogP contribution in [0.1, 0.15) is 17.3 Å². The molecule has 3 aromatic carbocycles. The highest BCUT2D eigenvalue weighted by molar-refractivity contribution is 5.99. The second-order valence-electron chi connectivity index (χ2n) is 5.72. The van der Waals surface area contributed by atoms with E-state index in [1.807, 2.05) is 42.5 Å². The molecule has 0 aliphatic heterocycles. The Balaban J connectivity index is 1.65. The highest BCUT2D eigenvalue weighted by Gasteiger charge is 2.19. The van der Waals surface area contributed by atoms with Crippen molar-refractivity contribution >= 4 is 34.0 Å². The molecule has 0 aliphatic carbocycles. The third-order valence-corrected chi connectivity index (χ3v) is 3.82. The summed E-state index contributed by atoms with van der Waals surface area (Å²) >= 11 is 0. The number of hydrogen-bond acceptors (Lipinski definition) is 4. The van der Waals surface area contributed by atoms with E-state index in [-0.39, 0.29) is 5.91 Å². The first-order valence-electron chi connectivity index (χ1n) is 7.89. The number of hydrogen-bond donors (Lipinski definition) is 2. The van der Waals surface area contributed by atoms with Gasteiger partial charge in [0, 0.05) is 11.4 Å². The lowest BCUT2D eigenvalue weighted by atomic mass is 10.1. The molecule has 126 valence electrons. The Morgan fingerprint density at radius 3 is 2.36 bits per heavy atom. The molecule has 0 radical (unpaired) electrons. The number of nitrogens with two attached hydrogens (primary N) is 1. The summed E-state index contributed by atoms with van der Waals surface area (Å²) in [6, 6.07) is 19.8. The van der Waals surface area contributed by atoms with Crippen molar-refractivity contribution in [2.45, 2.75) is 13.0 Å². The predicted octanol–water partition coefficient (Wildman–Crippen LogP) is 3.61. The number of carbonyl (C=O) groups is 2. The van der Waals surface area contributed by atoms with Crippen LogP contribution in [-0.4, -0.2) is 18.0 Å². The van der Waals surface area contributed by atoms with Gasteiger partial charge in [0.2, 0.25) is 0 Å². The van der Waals surface area contributed by atoms with Crippen molar-refractivity contribution in [3.8, 4) is 0 Å². The van der Waals surface area contributed by atoms with Crippen molar-refractivity contribution in [3.05, 3.63) is 72.3 Å². The van der Waals surface area contributed by atoms with Gasteiger partial charge < -0.3 is 15.8 Å². The number of rotatable bonds is 4. The highest BCUT2D eigenvalue weighted by Crippen LogP contribution is 2.19. The molecule has 0 heterocycles. The van der Waals surface area contributed by atoms with E-state index in [1.54, 1.807) is 24.3 Å². The summed E-state index contributed by atoms with van der Waals surface area (Å²) in [4.78, 5) is 24.3. The van der Waals surface area contributed by atoms with E-state index in [9.17, 15) is 9.59 Å². The fourth-order valence-corrected chi connectivity index (χ4v) is 2.41. The van der Waals surface area contributed by atoms with Gasteiger partial charge in [0.1, 0.15) is 0 Å². The zero-order valence-electron chi connectivity index (χ0n) is 13.7. The van der Waals surface area contributed by atoms with Crippen LogP contribution in [0, 0.1) is 0 Å². The van der Waals surface area contributed by atoms with E-state index >= 15 is 0 Å². The molecule has 3 rings (SSSR count). The van der Waals surface area contributed by atoms with Crippen LogP contribution in [0.3, 0.4) is 0 Å². The Bertz CT molecular complexity index is 920. The normalized spacial score (nSPS) is 11.7. The van der Waals surface area contributed by atoms with E-state index in [4.69, 9.17) is 10.5 Å². The number of esters is 1. The average molecular weight is 334 g/mol. The Labute approximate surface area is 145 Å². The minimum Gasteiger partial charge on any atom is -0.449 e. The molecule has 5 heteroatoms. The van der Waals surface area contributed by atoms with E-state index in [0.717, 1.165) is 10.8 Å². The molecular formula is C20H18N2O3. The predicted molar refractivity (Wildman–Crippen MR) is 98.3 cm³/mol. The second kappa shape index (κ2) is 7.05. The maximum atomic E-state index is 12.3. The smallest absolute Gasteiger partial charge is 0.338 e. The highest BCUT2D eigenvalue weighted by atomic mass is 16.5. The van der Waals surface area contributed by atoms with Gasteiger partial charge in [0.05, 0.1) is 5.56 Å². The summed E-state index contributed by atoms with van der Waals surface area (Å²) in [5, 5.41) is 4.87. The van der Waals surface area contributed by atoms with E-state index in [1.165, 1.54) is 6.92 Å². The van der Waals surface area contributed by atoms with Gasteiger partial charge in [0.15, 0.2) is 6.10 Å². The second-order valence-corrected chi connectivity index (χ2v) is 5.72. The van der Waals surface area contributed by atoms with Crippen molar-refractivity contribution in [1.82, 2.24) is 0 Å². The molecule has 0 saturated heterocycles. The summed E-state index contributed by atoms with van der Waals surface area (Å²) in [6.45, 7) is 1.53. The number of benzene rings is 3. The Kier molecular flexibility index (Phi) is 4.66. The largest absolute Gasteiger partial charge is 0.449 e. The monoisotopic (exact) mass is 334 g/mol. The standard InChI is InChI=1S/C20H18N2O3/c1-13(25-20(24)15-6-9-17(21)10-7-15)19(23)22-18-11-8-14-4-2-3-5-16(14)12-18/h2-13H,21H2,1H3,(H,22,23). The molecule has 0 fully saturated rings. The molecule has 0 aliphatic rings. The van der Waals surface area contributed by atoms with Gasteiger partial charge in [-0.3, -0.25) is 4.79 Å². The Morgan fingerprint density at radius 1 is 0.960 bits per heavy atom. The van der Waals surface area contributed by atoms with E-state index in [0.29, 0.717) is 16.9 Å². The lowest BCUT2D eigenvalue weighted by Gasteiger charge is -2.14. The van der Waals surface area contributed by atoms with E-state index < -0.39 is 12.1 Å². The molecule has 1 unspecified atom stereocenters. The van der Waals surface area contributed by atoms with Crippen LogP contribution < -0.4 is 11.1 Å². The van der Waals surface area contributed by atoms with Gasteiger partial charge in [-0.05, 0) is 54.1 Å². The number of anilines is 2. The maximum absolute atomic E-state index is 12.3. The number of nitrogen functional groups attached to an aromatic ring is 1. The zero-order valence-corrected chi connectivity index (χ0v) is 13.7. The summed E-state index contributed by atoms with van der Waals surface area (Å²) in [7, 11) is 0. The van der Waals surface area contributed by atoms with Gasteiger partial charge >= 0.3 is 5.97 Å². The number of fused-ring (bicyclic) bond motifs is 1. The van der Waals surface area contributed by atoms with Crippen molar-refractivity contribution in [2.75, 3.05) is 11.1 Å². The molecule has 0 bridgehead atoms. The molecule has 25 heavy (non-hydrogen) atoms. The molecule has 1 amide bonds. The van der Waals surface area contributed by atoms with Crippen LogP contribution in [0.4, 0.5) is 11.4 Å². The molecule has 0 spiro atoms. The van der Waals surface area contributed by atoms with Crippen molar-refractivity contribution in [1.29, 1.82) is 0 Å². The van der Waals surface area contributed by atoms with Crippen LogP contribution >= 0.6 is 0 Å². The number of ether oxygens (including phenoxy) is 1. The first-order valence-corrected chi connectivity index (χ1v) is 7.89. The van der Waals surface area contributed by atoms with Gasteiger partial charge in [0.25, 0.3) is 5.91 Å². The third-order valence-electron chi connectivity index (χ3n) is 3.82. The third kappa shape index (κ3) is 3.95. The summed E-state index contributed by atoms with van der Waals surface area (Å²) in [5.41, 5.74) is 7.14. The first kappa shape index (κ1) is 16.5. The average Bonchev–Trinajstić information content (AvgIpc) is 2.62. The lowest BCUT2D eigenvalue weighted by molar-refractivity contribution is -0.123. The minimum atomic E-state index is -0.920. The van der Waals surface area contributed by atoms with Crippen LogP contribution in [-0.2, 0) is 9.53 Å². The molecule has 0 aromatic heterocycles. The van der Waals surface area contributed by atoms with Crippen LogP contribution in [0.5, 0.6) is 0 Å². The van der Waals surface area contributed by atoms with Gasteiger partial charge in [-0.1, -0.05) is 30.3 Å². The van der Waals surface area contributed by atoms with Crippen LogP contribution in [0.25, 0.3) is 10.8 Å². The molecule has 1 atom stereocenters. The number of carbonyl (C=O) groups excluding carboxylic acids is 2. The van der Waals surface area contributed by atoms with Crippen LogP contribution in [0.15, 0.2) is 66.7 Å². The quantitative estimate of drug-likeness (QED) is 0.564. The van der Waals surface area contributed by atoms with E-state index in [2.05, 4.69) is 5.32 Å². The Hall–Kier alpha value is -3.34. The first-order chi connectivity index (χ1) is 12.0. The molecule has 5 nitrogen and oxygen atoms in total. The van der Waals surface area contributed by atoms with Crippen LogP contribution in [0.2, 0.25) is 0 Å². The fourth-order valence-electron chi connectivity index (χ4n) is 2.41. The molecule has 3 N–H and O–H groups in total. The van der Waals surface area contributed by atoms with Gasteiger partial charge in [-0.2, -0.15) is 0 Å². The molecule has 0 saturated carbocycles. The fraction of sp³-hybridized carbons (Fsp3) is 0.100. The van der Waals surface area contributed by atoms with Crippen molar-refractivity contribution in [3.63, 3.8) is 0 Å². The SMILES string of the molecule is CC(OC(=O)c1ccc(N)cc1)C(=O)Nc1ccc2ccccc2c1. The lowest BCUT2D eigenvalue weighted by Crippen LogP contribution is -2.30. The minimum absolute atomic E-state index is 0.347. The summed E-state index contributed by atoms with van der Waals surface area (Å²) in [6.07, 6.45) is -0.920. The summed E-state index contributed by atoms with van der Waals surface area (Å²) < 4.78 is 5.21. The van der Waals surface area contributed by atoms with Crippen molar-refractivity contribution < 1.29 is 14.3 Å². The number of nitrogens with one attached hydrogen (secondary N) is 1. The Morgan fingerprint density at radius 2 is 1.64 bits per heavy atom. The maximum Gasteiger partial charge on any atom is 0.338 e. The van der Waals surface area contributed by atoms with Gasteiger partial charge in [-0.25, -0.2) is 4.79 Å². The van der Waals surface area contributed by atoms with Gasteiger partial charge in [-0.15, -0.1) is 0 Å². The zero-order chi connectivity index (χ0) is 17.8. The summed E-state index contributed by atoms with van der Waals surface area (Å²) in [5.74, 6) is -0.958. The van der Waals surface area contributed by atoms with Crippen molar-refractivity contribution in [2.24, 2.45) is 0 Å².